The molecular weight excluding hydrogens is 763 g/mol. The Bertz CT molecular complexity index is 2280. The number of nitrogens with one attached hydrogen (secondary N) is 6. The number of aromatic amines is 1. The molecule has 0 spiro atoms. The summed E-state index contributed by atoms with van der Waals surface area (Å²) in [5.74, 6) is -3.90. The molecule has 6 atom stereocenters. The van der Waals surface area contributed by atoms with Gasteiger partial charge in [0.1, 0.15) is 30.2 Å². The number of fused-ring (bicyclic) bond motifs is 2. The molecule has 6 amide bonds. The molecule has 0 aliphatic carbocycles. The lowest BCUT2D eigenvalue weighted by Gasteiger charge is -2.26. The molecule has 4 aromatic carbocycles. The smallest absolute Gasteiger partial charge is 0.243 e. The van der Waals surface area contributed by atoms with Crippen molar-refractivity contribution in [2.24, 2.45) is 17.2 Å². The Hall–Kier alpha value is -6.58. The third-order valence-electron chi connectivity index (χ3n) is 10.3. The Morgan fingerprint density at radius 1 is 0.583 bits per heavy atom. The summed E-state index contributed by atoms with van der Waals surface area (Å²) in [4.78, 5) is 84.2. The molecule has 0 aliphatic rings. The third kappa shape index (κ3) is 12.5. The predicted molar refractivity (Wildman–Crippen MR) is 231 cm³/mol. The van der Waals surface area contributed by atoms with Gasteiger partial charge in [-0.1, -0.05) is 91.0 Å². The minimum absolute atomic E-state index is 0.0139. The first kappa shape index (κ1) is 44.5. The van der Waals surface area contributed by atoms with Gasteiger partial charge in [0.15, 0.2) is 0 Å². The number of rotatable bonds is 21. The molecular formula is C45H55N9O6. The number of benzene rings is 4. The number of nitrogens with two attached hydrogens (primary N) is 3. The maximum Gasteiger partial charge on any atom is 0.243 e. The van der Waals surface area contributed by atoms with Crippen LogP contribution >= 0.6 is 0 Å². The van der Waals surface area contributed by atoms with Crippen LogP contribution in [0.2, 0.25) is 0 Å². The average Bonchev–Trinajstić information content (AvgIpc) is 3.65. The molecule has 316 valence electrons. The van der Waals surface area contributed by atoms with Gasteiger partial charge >= 0.3 is 0 Å². The van der Waals surface area contributed by atoms with E-state index in [-0.39, 0.29) is 25.7 Å². The fourth-order valence-corrected chi connectivity index (χ4v) is 6.90. The average molecular weight is 818 g/mol. The second-order valence-electron chi connectivity index (χ2n) is 15.1. The van der Waals surface area contributed by atoms with Crippen LogP contribution in [0.3, 0.4) is 0 Å². The molecule has 0 saturated carbocycles. The molecule has 0 fully saturated rings. The number of carbonyl (C=O) groups is 6. The fourth-order valence-electron chi connectivity index (χ4n) is 6.90. The van der Waals surface area contributed by atoms with Gasteiger partial charge in [0.25, 0.3) is 0 Å². The van der Waals surface area contributed by atoms with Gasteiger partial charge in [0.2, 0.25) is 35.4 Å². The molecule has 1 aromatic heterocycles. The zero-order valence-corrected chi connectivity index (χ0v) is 33.9. The number of H-pyrrole nitrogens is 1. The third-order valence-corrected chi connectivity index (χ3v) is 10.3. The van der Waals surface area contributed by atoms with Crippen LogP contribution in [-0.2, 0) is 48.0 Å². The zero-order chi connectivity index (χ0) is 43.2. The van der Waals surface area contributed by atoms with E-state index in [9.17, 15) is 28.8 Å². The van der Waals surface area contributed by atoms with E-state index in [1.807, 2.05) is 72.8 Å². The SMILES string of the molecule is C[C@H](N)C(=O)N[C@@H](Cc1ccc2ccccc2c1)C(=O)N[C@@H](C)C(=O)N[C@@H](Cc1c[nH]c2ccccc12)C(=O)N[C@@H](Cc1ccccc1)C(=O)N[C@@H](CCCCN)C(N)=O. The second kappa shape index (κ2) is 21.4. The highest BCUT2D eigenvalue weighted by molar-refractivity contribution is 5.97. The Labute approximate surface area is 349 Å². The number of primary amides is 1. The number of carbonyl (C=O) groups excluding carboxylic acids is 6. The number of unbranched alkanes of at least 4 members (excludes halogenated alkanes) is 1. The van der Waals surface area contributed by atoms with Gasteiger partial charge in [0.05, 0.1) is 6.04 Å². The minimum Gasteiger partial charge on any atom is -0.368 e. The number of hydrogen-bond acceptors (Lipinski definition) is 8. The standard InChI is InChI=1S/C45H55N9O6/c1-27(47)41(56)52-38(24-30-19-20-31-14-6-7-15-32(31)22-30)43(58)50-28(2)42(57)53-39(25-33-26-49-35-17-9-8-16-34(33)35)45(60)54-37(23-29-12-4-3-5-13-29)44(59)51-36(40(48)55)18-10-11-21-46/h3-9,12-17,19-20,22,26-28,36-39,49H,10-11,18,21,23-25,46-47H2,1-2H3,(H2,48,55)(H,50,58)(H,51,59)(H,52,56)(H,53,57)(H,54,60)/t27-,28-,36-,37-,38-,39-/m0/s1. The Morgan fingerprint density at radius 3 is 1.83 bits per heavy atom. The van der Waals surface area contributed by atoms with Crippen LogP contribution in [0.4, 0.5) is 0 Å². The van der Waals surface area contributed by atoms with E-state index in [1.165, 1.54) is 13.8 Å². The molecule has 5 rings (SSSR count). The van der Waals surface area contributed by atoms with Gasteiger partial charge in [-0.25, -0.2) is 0 Å². The first-order valence-corrected chi connectivity index (χ1v) is 20.2. The lowest BCUT2D eigenvalue weighted by Crippen LogP contribution is -2.59. The van der Waals surface area contributed by atoms with Crippen molar-refractivity contribution in [3.8, 4) is 0 Å². The molecule has 0 radical (unpaired) electrons. The van der Waals surface area contributed by atoms with Crippen molar-refractivity contribution in [3.05, 3.63) is 120 Å². The van der Waals surface area contributed by atoms with E-state index in [4.69, 9.17) is 17.2 Å². The van der Waals surface area contributed by atoms with Gasteiger partial charge < -0.3 is 48.8 Å². The summed E-state index contributed by atoms with van der Waals surface area (Å²) in [7, 11) is 0. The summed E-state index contributed by atoms with van der Waals surface area (Å²) in [6.45, 7) is 3.38. The van der Waals surface area contributed by atoms with Crippen molar-refractivity contribution in [3.63, 3.8) is 0 Å². The maximum atomic E-state index is 14.3. The Kier molecular flexibility index (Phi) is 15.9. The van der Waals surface area contributed by atoms with Crippen LogP contribution < -0.4 is 43.8 Å². The Balaban J connectivity index is 1.37. The van der Waals surface area contributed by atoms with Crippen LogP contribution in [0.25, 0.3) is 21.7 Å². The molecule has 0 saturated heterocycles. The van der Waals surface area contributed by atoms with E-state index in [0.29, 0.717) is 19.4 Å². The summed E-state index contributed by atoms with van der Waals surface area (Å²) in [6.07, 6.45) is 3.39. The van der Waals surface area contributed by atoms with Crippen molar-refractivity contribution < 1.29 is 28.8 Å². The highest BCUT2D eigenvalue weighted by Crippen LogP contribution is 2.20. The molecule has 0 unspecified atom stereocenters. The first-order chi connectivity index (χ1) is 28.8. The monoisotopic (exact) mass is 817 g/mol. The summed E-state index contributed by atoms with van der Waals surface area (Å²) in [6, 6.07) is 23.4. The molecule has 0 aliphatic heterocycles. The summed E-state index contributed by atoms with van der Waals surface area (Å²) in [5.41, 5.74) is 20.2. The van der Waals surface area contributed by atoms with Crippen molar-refractivity contribution in [2.45, 2.75) is 88.6 Å². The molecule has 1 heterocycles. The summed E-state index contributed by atoms with van der Waals surface area (Å²) in [5, 5.41) is 16.5. The number of para-hydroxylation sites is 1. The summed E-state index contributed by atoms with van der Waals surface area (Å²) < 4.78 is 0. The van der Waals surface area contributed by atoms with Crippen LogP contribution in [0.15, 0.2) is 103 Å². The predicted octanol–water partition coefficient (Wildman–Crippen LogP) is 1.75. The summed E-state index contributed by atoms with van der Waals surface area (Å²) >= 11 is 0. The molecule has 0 bridgehead atoms. The van der Waals surface area contributed by atoms with Crippen LogP contribution in [-0.4, -0.2) is 83.2 Å². The normalized spacial score (nSPS) is 14.2. The van der Waals surface area contributed by atoms with Crippen molar-refractivity contribution in [2.75, 3.05) is 6.54 Å². The van der Waals surface area contributed by atoms with Gasteiger partial charge in [-0.3, -0.25) is 28.8 Å². The molecule has 5 aromatic rings. The molecule has 15 nitrogen and oxygen atoms in total. The lowest BCUT2D eigenvalue weighted by molar-refractivity contribution is -0.134. The van der Waals surface area contributed by atoms with Crippen LogP contribution in [0.5, 0.6) is 0 Å². The minimum atomic E-state index is -1.23. The zero-order valence-electron chi connectivity index (χ0n) is 33.9. The van der Waals surface area contributed by atoms with Gasteiger partial charge in [-0.15, -0.1) is 0 Å². The highest BCUT2D eigenvalue weighted by Gasteiger charge is 2.32. The molecule has 60 heavy (non-hydrogen) atoms. The molecule has 12 N–H and O–H groups in total. The number of amides is 6. The van der Waals surface area contributed by atoms with E-state index in [0.717, 1.165) is 38.4 Å². The van der Waals surface area contributed by atoms with E-state index in [1.54, 1.807) is 30.5 Å². The quantitative estimate of drug-likeness (QED) is 0.0492. The second-order valence-corrected chi connectivity index (χ2v) is 15.1. The highest BCUT2D eigenvalue weighted by atomic mass is 16.2. The number of aromatic nitrogens is 1. The fraction of sp³-hybridized carbons (Fsp3) is 0.333. The maximum absolute atomic E-state index is 14.3. The molecule has 15 heteroatoms. The van der Waals surface area contributed by atoms with Gasteiger partial charge in [-0.05, 0) is 73.2 Å². The van der Waals surface area contributed by atoms with Crippen molar-refractivity contribution in [1.29, 1.82) is 0 Å². The largest absolute Gasteiger partial charge is 0.368 e. The number of hydrogen-bond donors (Lipinski definition) is 9. The van der Waals surface area contributed by atoms with E-state index < -0.39 is 71.7 Å². The van der Waals surface area contributed by atoms with Gasteiger partial charge in [-0.2, -0.15) is 0 Å². The van der Waals surface area contributed by atoms with Crippen LogP contribution in [0, 0.1) is 0 Å². The van der Waals surface area contributed by atoms with E-state index >= 15 is 0 Å². The van der Waals surface area contributed by atoms with Crippen LogP contribution in [0.1, 0.15) is 49.8 Å². The Morgan fingerprint density at radius 2 is 1.15 bits per heavy atom. The van der Waals surface area contributed by atoms with E-state index in [2.05, 4.69) is 31.6 Å². The van der Waals surface area contributed by atoms with Crippen molar-refractivity contribution in [1.82, 2.24) is 31.6 Å². The van der Waals surface area contributed by atoms with Gasteiger partial charge in [0, 0.05) is 36.4 Å². The lowest BCUT2D eigenvalue weighted by atomic mass is 10.0. The van der Waals surface area contributed by atoms with Crippen molar-refractivity contribution >= 4 is 57.1 Å². The topological polar surface area (TPSA) is 256 Å². The first-order valence-electron chi connectivity index (χ1n) is 20.2.